The first-order valence-electron chi connectivity index (χ1n) is 5.73. The van der Waals surface area contributed by atoms with E-state index in [2.05, 4.69) is 39.6 Å². The zero-order chi connectivity index (χ0) is 12.3. The molecule has 0 radical (unpaired) electrons. The van der Waals surface area contributed by atoms with E-state index < -0.39 is 0 Å². The molecule has 0 saturated heterocycles. The number of H-pyrrole nitrogens is 1. The quantitative estimate of drug-likeness (QED) is 0.816. The summed E-state index contributed by atoms with van der Waals surface area (Å²) in [6.07, 6.45) is 2.43. The molecule has 0 aliphatic carbocycles. The molecule has 2 N–H and O–H groups in total. The van der Waals surface area contributed by atoms with Crippen LogP contribution in [0.3, 0.4) is 0 Å². The Morgan fingerprint density at radius 1 is 1.41 bits per heavy atom. The van der Waals surface area contributed by atoms with Crippen molar-refractivity contribution < 1.29 is 4.42 Å². The topological polar surface area (TPSA) is 79.6 Å². The van der Waals surface area contributed by atoms with Gasteiger partial charge in [0.25, 0.3) is 5.89 Å². The number of aromatic amines is 1. The molecule has 0 saturated carbocycles. The molecule has 2 aromatic rings. The van der Waals surface area contributed by atoms with Crippen molar-refractivity contribution in [2.45, 2.75) is 33.2 Å². The molecule has 0 aliphatic rings. The Bertz CT molecular complexity index is 474. The van der Waals surface area contributed by atoms with Crippen LogP contribution in [-0.2, 0) is 6.42 Å². The number of hydrogen-bond donors (Lipinski definition) is 2. The normalized spacial score (nSPS) is 11.3. The van der Waals surface area contributed by atoms with Gasteiger partial charge in [0.2, 0.25) is 5.89 Å². The van der Waals surface area contributed by atoms with Gasteiger partial charge < -0.3 is 9.73 Å². The fraction of sp³-hybridized carbons (Fsp3) is 0.545. The lowest BCUT2D eigenvalue weighted by molar-refractivity contribution is 0.484. The first-order chi connectivity index (χ1) is 8.16. The predicted octanol–water partition coefficient (Wildman–Crippen LogP) is 1.31. The van der Waals surface area contributed by atoms with Gasteiger partial charge in [-0.25, -0.2) is 0 Å². The summed E-state index contributed by atoms with van der Waals surface area (Å²) in [4.78, 5) is 0. The predicted molar refractivity (Wildman–Crippen MR) is 63.5 cm³/mol. The second-order valence-corrected chi connectivity index (χ2v) is 4.27. The number of aryl methyl sites for hydroxylation is 1. The second-order valence-electron chi connectivity index (χ2n) is 4.27. The van der Waals surface area contributed by atoms with E-state index in [9.17, 15) is 0 Å². The van der Waals surface area contributed by atoms with Crippen LogP contribution in [0.5, 0.6) is 0 Å². The van der Waals surface area contributed by atoms with Crippen molar-refractivity contribution in [3.63, 3.8) is 0 Å². The fourth-order valence-electron chi connectivity index (χ4n) is 1.50. The van der Waals surface area contributed by atoms with Gasteiger partial charge in [0, 0.05) is 24.7 Å². The van der Waals surface area contributed by atoms with Crippen molar-refractivity contribution in [1.29, 1.82) is 0 Å². The lowest BCUT2D eigenvalue weighted by Gasteiger charge is -2.04. The molecule has 92 valence electrons. The van der Waals surface area contributed by atoms with Crippen LogP contribution in [0.1, 0.15) is 25.4 Å². The van der Waals surface area contributed by atoms with Crippen molar-refractivity contribution in [2.75, 3.05) is 6.54 Å². The number of nitrogens with zero attached hydrogens (tertiary/aromatic N) is 3. The van der Waals surface area contributed by atoms with Crippen LogP contribution in [0.15, 0.2) is 10.6 Å². The Morgan fingerprint density at radius 2 is 2.24 bits per heavy atom. The Hall–Kier alpha value is -1.69. The van der Waals surface area contributed by atoms with E-state index >= 15 is 0 Å². The Kier molecular flexibility index (Phi) is 3.53. The van der Waals surface area contributed by atoms with E-state index in [0.717, 1.165) is 24.2 Å². The van der Waals surface area contributed by atoms with Crippen LogP contribution in [0.25, 0.3) is 11.5 Å². The monoisotopic (exact) mass is 235 g/mol. The second kappa shape index (κ2) is 5.09. The molecule has 0 atom stereocenters. The molecule has 0 aliphatic heterocycles. The van der Waals surface area contributed by atoms with Gasteiger partial charge in [-0.3, -0.25) is 5.10 Å². The van der Waals surface area contributed by atoms with Gasteiger partial charge >= 0.3 is 0 Å². The highest BCUT2D eigenvalue weighted by molar-refractivity contribution is 5.53. The van der Waals surface area contributed by atoms with Gasteiger partial charge in [-0.05, 0) is 6.92 Å². The zero-order valence-corrected chi connectivity index (χ0v) is 10.3. The van der Waals surface area contributed by atoms with Crippen molar-refractivity contribution in [1.82, 2.24) is 25.7 Å². The van der Waals surface area contributed by atoms with Crippen molar-refractivity contribution in [3.05, 3.63) is 17.8 Å². The zero-order valence-electron chi connectivity index (χ0n) is 10.3. The summed E-state index contributed by atoms with van der Waals surface area (Å²) in [5, 5.41) is 18.1. The van der Waals surface area contributed by atoms with E-state index in [1.165, 1.54) is 0 Å². The number of nitrogens with one attached hydrogen (secondary N) is 2. The van der Waals surface area contributed by atoms with Crippen LogP contribution < -0.4 is 5.32 Å². The molecule has 0 spiro atoms. The molecule has 2 rings (SSSR count). The minimum atomic E-state index is 0.466. The van der Waals surface area contributed by atoms with E-state index in [-0.39, 0.29) is 0 Å². The van der Waals surface area contributed by atoms with E-state index in [1.54, 1.807) is 6.20 Å². The van der Waals surface area contributed by atoms with Gasteiger partial charge in [-0.1, -0.05) is 13.8 Å². The highest BCUT2D eigenvalue weighted by atomic mass is 16.4. The maximum atomic E-state index is 5.57. The summed E-state index contributed by atoms with van der Waals surface area (Å²) >= 11 is 0. The molecular weight excluding hydrogens is 218 g/mol. The largest absolute Gasteiger partial charge is 0.421 e. The van der Waals surface area contributed by atoms with E-state index in [1.807, 2.05) is 6.92 Å². The van der Waals surface area contributed by atoms with Crippen molar-refractivity contribution in [3.8, 4) is 11.5 Å². The molecule has 0 unspecified atom stereocenters. The summed E-state index contributed by atoms with van der Waals surface area (Å²) in [6.45, 7) is 6.97. The van der Waals surface area contributed by atoms with Gasteiger partial charge in [0.05, 0.1) is 11.8 Å². The van der Waals surface area contributed by atoms with Crippen LogP contribution in [0, 0.1) is 6.92 Å². The van der Waals surface area contributed by atoms with Crippen LogP contribution in [0.4, 0.5) is 0 Å². The Labute approximate surface area is 99.8 Å². The van der Waals surface area contributed by atoms with Crippen LogP contribution >= 0.6 is 0 Å². The van der Waals surface area contributed by atoms with Crippen molar-refractivity contribution >= 4 is 0 Å². The average Bonchev–Trinajstić information content (AvgIpc) is 2.86. The van der Waals surface area contributed by atoms with Gasteiger partial charge in [0.15, 0.2) is 0 Å². The average molecular weight is 235 g/mol. The minimum Gasteiger partial charge on any atom is -0.421 e. The maximum absolute atomic E-state index is 5.57. The van der Waals surface area contributed by atoms with E-state index in [0.29, 0.717) is 17.8 Å². The molecule has 0 fully saturated rings. The first-order valence-corrected chi connectivity index (χ1v) is 5.73. The highest BCUT2D eigenvalue weighted by Crippen LogP contribution is 2.19. The number of aromatic nitrogens is 4. The summed E-state index contributed by atoms with van der Waals surface area (Å²) < 4.78 is 5.57. The minimum absolute atomic E-state index is 0.466. The molecule has 6 nitrogen and oxygen atoms in total. The van der Waals surface area contributed by atoms with Gasteiger partial charge in [-0.15, -0.1) is 10.2 Å². The lowest BCUT2D eigenvalue weighted by Crippen LogP contribution is -2.25. The fourth-order valence-corrected chi connectivity index (χ4v) is 1.50. The number of hydrogen-bond acceptors (Lipinski definition) is 5. The summed E-state index contributed by atoms with van der Waals surface area (Å²) in [5.74, 6) is 1.17. The molecule has 0 aromatic carbocycles. The summed E-state index contributed by atoms with van der Waals surface area (Å²) in [5.41, 5.74) is 1.79. The first kappa shape index (κ1) is 11.8. The SMILES string of the molecule is Cc1[nH]ncc1-c1nnc(CCNC(C)C)o1. The van der Waals surface area contributed by atoms with Gasteiger partial charge in [-0.2, -0.15) is 5.10 Å². The molecule has 17 heavy (non-hydrogen) atoms. The third-order valence-corrected chi connectivity index (χ3v) is 2.42. The van der Waals surface area contributed by atoms with Crippen molar-refractivity contribution in [2.24, 2.45) is 0 Å². The Balaban J connectivity index is 1.99. The smallest absolute Gasteiger partial charge is 0.251 e. The molecular formula is C11H17N5O. The van der Waals surface area contributed by atoms with E-state index in [4.69, 9.17) is 4.42 Å². The standard InChI is InChI=1S/C11H17N5O/c1-7(2)12-5-4-10-15-16-11(17-10)9-6-13-14-8(9)3/h6-7,12H,4-5H2,1-3H3,(H,13,14). The molecule has 2 heterocycles. The molecule has 0 bridgehead atoms. The summed E-state index contributed by atoms with van der Waals surface area (Å²) in [6, 6.07) is 0.466. The summed E-state index contributed by atoms with van der Waals surface area (Å²) in [7, 11) is 0. The van der Waals surface area contributed by atoms with Gasteiger partial charge in [0.1, 0.15) is 0 Å². The highest BCUT2D eigenvalue weighted by Gasteiger charge is 2.12. The maximum Gasteiger partial charge on any atom is 0.251 e. The van der Waals surface area contributed by atoms with Crippen LogP contribution in [0.2, 0.25) is 0 Å². The lowest BCUT2D eigenvalue weighted by atomic mass is 10.3. The molecule has 2 aromatic heterocycles. The third-order valence-electron chi connectivity index (χ3n) is 2.42. The Morgan fingerprint density at radius 3 is 2.88 bits per heavy atom. The van der Waals surface area contributed by atoms with Crippen LogP contribution in [-0.4, -0.2) is 33.0 Å². The molecule has 0 amide bonds. The third kappa shape index (κ3) is 2.91. The molecule has 6 heteroatoms. The number of rotatable bonds is 5.